The molecule has 2 rings (SSSR count). The summed E-state index contributed by atoms with van der Waals surface area (Å²) in [7, 11) is 0. The average Bonchev–Trinajstić information content (AvgIpc) is 2.04. The number of hydrogen-bond donors (Lipinski definition) is 2. The summed E-state index contributed by atoms with van der Waals surface area (Å²) in [6.07, 6.45) is 1.08. The standard InChI is InChI=1S/C9H11BrN2/c10-9-4-7(11)3-6-1-2-12-5-8(6)9/h3-4,12H,1-2,5,11H2. The van der Waals surface area contributed by atoms with Gasteiger partial charge in [-0.05, 0) is 36.2 Å². The zero-order valence-electron chi connectivity index (χ0n) is 6.73. The van der Waals surface area contributed by atoms with E-state index in [1.165, 1.54) is 11.1 Å². The van der Waals surface area contributed by atoms with Gasteiger partial charge in [-0.2, -0.15) is 0 Å². The van der Waals surface area contributed by atoms with E-state index in [0.29, 0.717) is 0 Å². The molecule has 0 aliphatic carbocycles. The summed E-state index contributed by atoms with van der Waals surface area (Å²) in [5.74, 6) is 0. The highest BCUT2D eigenvalue weighted by molar-refractivity contribution is 9.10. The molecule has 12 heavy (non-hydrogen) atoms. The van der Waals surface area contributed by atoms with Crippen LogP contribution in [0.25, 0.3) is 0 Å². The molecule has 0 saturated heterocycles. The molecule has 1 aliphatic heterocycles. The zero-order valence-corrected chi connectivity index (χ0v) is 8.32. The number of anilines is 1. The number of fused-ring (bicyclic) bond motifs is 1. The SMILES string of the molecule is Nc1cc(Br)c2c(c1)CCNC2. The molecule has 0 spiro atoms. The summed E-state index contributed by atoms with van der Waals surface area (Å²) in [6, 6.07) is 4.03. The predicted octanol–water partition coefficient (Wildman–Crippen LogP) is 1.68. The highest BCUT2D eigenvalue weighted by Gasteiger charge is 2.11. The highest BCUT2D eigenvalue weighted by Crippen LogP contribution is 2.26. The Balaban J connectivity index is 2.53. The molecule has 0 amide bonds. The van der Waals surface area contributed by atoms with Gasteiger partial charge in [-0.1, -0.05) is 15.9 Å². The molecule has 64 valence electrons. The topological polar surface area (TPSA) is 38.0 Å². The lowest BCUT2D eigenvalue weighted by Crippen LogP contribution is -2.24. The van der Waals surface area contributed by atoms with Crippen molar-refractivity contribution in [2.45, 2.75) is 13.0 Å². The maximum absolute atomic E-state index is 5.73. The minimum Gasteiger partial charge on any atom is -0.399 e. The first kappa shape index (κ1) is 8.08. The average molecular weight is 227 g/mol. The molecule has 1 aliphatic rings. The van der Waals surface area contributed by atoms with Crippen molar-refractivity contribution >= 4 is 21.6 Å². The van der Waals surface area contributed by atoms with E-state index >= 15 is 0 Å². The Morgan fingerprint density at radius 2 is 2.25 bits per heavy atom. The van der Waals surface area contributed by atoms with E-state index in [0.717, 1.165) is 29.7 Å². The van der Waals surface area contributed by atoms with Crippen molar-refractivity contribution in [1.29, 1.82) is 0 Å². The number of benzene rings is 1. The van der Waals surface area contributed by atoms with E-state index < -0.39 is 0 Å². The first-order valence-electron chi connectivity index (χ1n) is 4.05. The molecule has 0 aromatic heterocycles. The van der Waals surface area contributed by atoms with Gasteiger partial charge in [-0.3, -0.25) is 0 Å². The molecule has 0 fully saturated rings. The Morgan fingerprint density at radius 3 is 3.08 bits per heavy atom. The van der Waals surface area contributed by atoms with Gasteiger partial charge in [-0.25, -0.2) is 0 Å². The van der Waals surface area contributed by atoms with Gasteiger partial charge in [0.2, 0.25) is 0 Å². The van der Waals surface area contributed by atoms with Crippen LogP contribution in [0.2, 0.25) is 0 Å². The smallest absolute Gasteiger partial charge is 0.0328 e. The second-order valence-corrected chi connectivity index (χ2v) is 3.92. The molecule has 0 bridgehead atoms. The minimum absolute atomic E-state index is 0.850. The number of hydrogen-bond acceptors (Lipinski definition) is 2. The monoisotopic (exact) mass is 226 g/mol. The summed E-state index contributed by atoms with van der Waals surface area (Å²) >= 11 is 3.51. The molecule has 1 aromatic carbocycles. The van der Waals surface area contributed by atoms with Crippen LogP contribution in [0, 0.1) is 0 Å². The van der Waals surface area contributed by atoms with Gasteiger partial charge in [0.1, 0.15) is 0 Å². The molecule has 0 saturated carbocycles. The first-order valence-corrected chi connectivity index (χ1v) is 4.84. The van der Waals surface area contributed by atoms with Crippen molar-refractivity contribution in [3.05, 3.63) is 27.7 Å². The summed E-state index contributed by atoms with van der Waals surface area (Å²) < 4.78 is 1.13. The molecule has 1 aromatic rings. The van der Waals surface area contributed by atoms with Crippen LogP contribution < -0.4 is 11.1 Å². The number of nitrogen functional groups attached to an aromatic ring is 1. The van der Waals surface area contributed by atoms with Crippen LogP contribution in [0.5, 0.6) is 0 Å². The zero-order chi connectivity index (χ0) is 8.55. The van der Waals surface area contributed by atoms with Crippen LogP contribution in [-0.4, -0.2) is 6.54 Å². The van der Waals surface area contributed by atoms with Gasteiger partial charge in [0, 0.05) is 16.7 Å². The van der Waals surface area contributed by atoms with Crippen molar-refractivity contribution in [2.24, 2.45) is 0 Å². The fraction of sp³-hybridized carbons (Fsp3) is 0.333. The molecular formula is C9H11BrN2. The van der Waals surface area contributed by atoms with Crippen LogP contribution in [-0.2, 0) is 13.0 Å². The fourth-order valence-electron chi connectivity index (χ4n) is 1.57. The van der Waals surface area contributed by atoms with Crippen molar-refractivity contribution in [2.75, 3.05) is 12.3 Å². The van der Waals surface area contributed by atoms with Crippen LogP contribution in [0.15, 0.2) is 16.6 Å². The predicted molar refractivity (Wildman–Crippen MR) is 54.0 cm³/mol. The van der Waals surface area contributed by atoms with Gasteiger partial charge in [-0.15, -0.1) is 0 Å². The quantitative estimate of drug-likeness (QED) is 0.661. The Labute approximate surface area is 80.3 Å². The van der Waals surface area contributed by atoms with Gasteiger partial charge < -0.3 is 11.1 Å². The molecule has 2 nitrogen and oxygen atoms in total. The highest BCUT2D eigenvalue weighted by atomic mass is 79.9. The summed E-state index contributed by atoms with van der Waals surface area (Å²) in [5.41, 5.74) is 9.31. The molecule has 0 unspecified atom stereocenters. The fourth-order valence-corrected chi connectivity index (χ4v) is 2.23. The lowest BCUT2D eigenvalue weighted by molar-refractivity contribution is 0.642. The van der Waals surface area contributed by atoms with E-state index in [4.69, 9.17) is 5.73 Å². The van der Waals surface area contributed by atoms with Crippen molar-refractivity contribution < 1.29 is 0 Å². The second-order valence-electron chi connectivity index (χ2n) is 3.07. The normalized spacial score (nSPS) is 15.8. The van der Waals surface area contributed by atoms with Crippen molar-refractivity contribution in [3.8, 4) is 0 Å². The number of nitrogens with two attached hydrogens (primary N) is 1. The van der Waals surface area contributed by atoms with E-state index in [1.807, 2.05) is 6.07 Å². The third-order valence-electron chi connectivity index (χ3n) is 2.18. The number of nitrogens with one attached hydrogen (secondary N) is 1. The number of halogens is 1. The largest absolute Gasteiger partial charge is 0.399 e. The molecule has 3 heteroatoms. The van der Waals surface area contributed by atoms with Gasteiger partial charge in [0.05, 0.1) is 0 Å². The summed E-state index contributed by atoms with van der Waals surface area (Å²) in [4.78, 5) is 0. The Morgan fingerprint density at radius 1 is 1.42 bits per heavy atom. The van der Waals surface area contributed by atoms with Gasteiger partial charge in [0.15, 0.2) is 0 Å². The Bertz CT molecular complexity index is 310. The summed E-state index contributed by atoms with van der Waals surface area (Å²) in [5, 5.41) is 3.33. The number of rotatable bonds is 0. The van der Waals surface area contributed by atoms with Crippen molar-refractivity contribution in [1.82, 2.24) is 5.32 Å². The minimum atomic E-state index is 0.850. The van der Waals surface area contributed by atoms with Crippen LogP contribution >= 0.6 is 15.9 Å². The Hall–Kier alpha value is -0.540. The lowest BCUT2D eigenvalue weighted by Gasteiger charge is -2.18. The Kier molecular flexibility index (Phi) is 2.07. The van der Waals surface area contributed by atoms with Crippen LogP contribution in [0.3, 0.4) is 0 Å². The maximum atomic E-state index is 5.73. The molecular weight excluding hydrogens is 216 g/mol. The molecule has 3 N–H and O–H groups in total. The van der Waals surface area contributed by atoms with E-state index in [9.17, 15) is 0 Å². The van der Waals surface area contributed by atoms with E-state index in [1.54, 1.807) is 0 Å². The summed E-state index contributed by atoms with van der Waals surface area (Å²) in [6.45, 7) is 2.01. The molecule has 0 atom stereocenters. The third kappa shape index (κ3) is 1.34. The molecule has 1 heterocycles. The van der Waals surface area contributed by atoms with Crippen LogP contribution in [0.4, 0.5) is 5.69 Å². The van der Waals surface area contributed by atoms with Crippen molar-refractivity contribution in [3.63, 3.8) is 0 Å². The van der Waals surface area contributed by atoms with Gasteiger partial charge >= 0.3 is 0 Å². The van der Waals surface area contributed by atoms with Gasteiger partial charge in [0.25, 0.3) is 0 Å². The molecule has 0 radical (unpaired) electrons. The second kappa shape index (κ2) is 3.07. The van der Waals surface area contributed by atoms with E-state index in [2.05, 4.69) is 27.3 Å². The van der Waals surface area contributed by atoms with Crippen LogP contribution in [0.1, 0.15) is 11.1 Å². The first-order chi connectivity index (χ1) is 5.77. The van der Waals surface area contributed by atoms with E-state index in [-0.39, 0.29) is 0 Å². The third-order valence-corrected chi connectivity index (χ3v) is 2.89. The maximum Gasteiger partial charge on any atom is 0.0328 e. The lowest BCUT2D eigenvalue weighted by atomic mass is 10.0.